The summed E-state index contributed by atoms with van der Waals surface area (Å²) < 4.78 is 0. The van der Waals surface area contributed by atoms with Gasteiger partial charge in [-0.3, -0.25) is 0 Å². The summed E-state index contributed by atoms with van der Waals surface area (Å²) in [5.74, 6) is 1.20. The lowest BCUT2D eigenvalue weighted by Gasteiger charge is -2.29. The van der Waals surface area contributed by atoms with E-state index in [1.165, 1.54) is 25.7 Å². The summed E-state index contributed by atoms with van der Waals surface area (Å²) in [5, 5.41) is 15.3. The van der Waals surface area contributed by atoms with Crippen molar-refractivity contribution in [2.45, 2.75) is 51.5 Å². The molecule has 2 aliphatic carbocycles. The van der Waals surface area contributed by atoms with Crippen molar-refractivity contribution < 1.29 is 5.21 Å². The number of rotatable bonds is 6. The van der Waals surface area contributed by atoms with Crippen LogP contribution in [0.15, 0.2) is 5.16 Å². The lowest BCUT2D eigenvalue weighted by molar-refractivity contribution is 0.298. The summed E-state index contributed by atoms with van der Waals surface area (Å²) in [7, 11) is 0. The van der Waals surface area contributed by atoms with Crippen molar-refractivity contribution in [3.05, 3.63) is 0 Å². The van der Waals surface area contributed by atoms with Crippen molar-refractivity contribution in [1.82, 2.24) is 5.32 Å². The van der Waals surface area contributed by atoms with Crippen LogP contribution in [0.3, 0.4) is 0 Å². The van der Waals surface area contributed by atoms with Gasteiger partial charge in [0.05, 0.1) is 0 Å². The van der Waals surface area contributed by atoms with E-state index in [9.17, 15) is 0 Å². The standard InChI is InChI=1S/C12H23N3O/c1-11(2,9-3-4-9)14-8-12(5-6-12)7-10(13)15-16/h9,14,16H,3-8H2,1-2H3,(H2,13,15). The van der Waals surface area contributed by atoms with Gasteiger partial charge in [0.1, 0.15) is 5.84 Å². The SMILES string of the molecule is CC(C)(NCC1(CC(N)=NO)CC1)C1CC1. The predicted molar refractivity (Wildman–Crippen MR) is 64.5 cm³/mol. The van der Waals surface area contributed by atoms with Crippen LogP contribution in [0, 0.1) is 11.3 Å². The summed E-state index contributed by atoms with van der Waals surface area (Å²) in [5.41, 5.74) is 6.10. The minimum atomic E-state index is 0.251. The first-order valence-electron chi connectivity index (χ1n) is 6.19. The van der Waals surface area contributed by atoms with Crippen LogP contribution in [0.25, 0.3) is 0 Å². The van der Waals surface area contributed by atoms with Gasteiger partial charge < -0.3 is 16.3 Å². The summed E-state index contributed by atoms with van der Waals surface area (Å²) >= 11 is 0. The molecular formula is C12H23N3O. The Balaban J connectivity index is 1.81. The zero-order valence-electron chi connectivity index (χ0n) is 10.3. The molecule has 0 saturated heterocycles. The average Bonchev–Trinajstić information content (AvgIpc) is 3.09. The fourth-order valence-electron chi connectivity index (χ4n) is 2.38. The van der Waals surface area contributed by atoms with Gasteiger partial charge in [0, 0.05) is 18.5 Å². The van der Waals surface area contributed by atoms with E-state index in [0.29, 0.717) is 5.84 Å². The molecule has 4 nitrogen and oxygen atoms in total. The third kappa shape index (κ3) is 2.67. The highest BCUT2D eigenvalue weighted by atomic mass is 16.4. The summed E-state index contributed by atoms with van der Waals surface area (Å²) in [6.07, 6.45) is 5.81. The van der Waals surface area contributed by atoms with Crippen molar-refractivity contribution >= 4 is 5.84 Å². The molecule has 0 aromatic carbocycles. The van der Waals surface area contributed by atoms with E-state index in [1.54, 1.807) is 0 Å². The third-order valence-electron chi connectivity index (χ3n) is 4.16. The molecule has 0 amide bonds. The van der Waals surface area contributed by atoms with Crippen LogP contribution < -0.4 is 11.1 Å². The molecule has 0 unspecified atom stereocenters. The second kappa shape index (κ2) is 3.91. The first-order chi connectivity index (χ1) is 7.47. The zero-order valence-corrected chi connectivity index (χ0v) is 10.3. The Hall–Kier alpha value is -0.770. The molecule has 92 valence electrons. The number of hydrogen-bond donors (Lipinski definition) is 3. The van der Waals surface area contributed by atoms with Gasteiger partial charge in [0.2, 0.25) is 0 Å². The molecule has 0 atom stereocenters. The molecule has 2 fully saturated rings. The molecular weight excluding hydrogens is 202 g/mol. The Bertz CT molecular complexity index is 291. The molecule has 0 spiro atoms. The zero-order chi connectivity index (χ0) is 11.8. The van der Waals surface area contributed by atoms with Gasteiger partial charge in [0.25, 0.3) is 0 Å². The molecule has 0 radical (unpaired) electrons. The maximum absolute atomic E-state index is 8.59. The van der Waals surface area contributed by atoms with Gasteiger partial charge in [0.15, 0.2) is 0 Å². The molecule has 0 aliphatic heterocycles. The molecule has 2 saturated carbocycles. The van der Waals surface area contributed by atoms with Crippen LogP contribution in [0.1, 0.15) is 46.0 Å². The number of nitrogens with two attached hydrogens (primary N) is 1. The molecule has 4 N–H and O–H groups in total. The number of nitrogens with one attached hydrogen (secondary N) is 1. The first-order valence-corrected chi connectivity index (χ1v) is 6.19. The van der Waals surface area contributed by atoms with E-state index in [1.807, 2.05) is 0 Å². The average molecular weight is 225 g/mol. The maximum atomic E-state index is 8.59. The normalized spacial score (nSPS) is 24.5. The van der Waals surface area contributed by atoms with Crippen molar-refractivity contribution in [1.29, 1.82) is 0 Å². The fourth-order valence-corrected chi connectivity index (χ4v) is 2.38. The van der Waals surface area contributed by atoms with Crippen LogP contribution in [0.2, 0.25) is 0 Å². The minimum Gasteiger partial charge on any atom is -0.409 e. The molecule has 4 heteroatoms. The highest BCUT2D eigenvalue weighted by Gasteiger charge is 2.45. The molecule has 0 aromatic rings. The van der Waals surface area contributed by atoms with Crippen LogP contribution in [-0.2, 0) is 0 Å². The molecule has 2 rings (SSSR count). The van der Waals surface area contributed by atoms with Crippen LogP contribution >= 0.6 is 0 Å². The monoisotopic (exact) mass is 225 g/mol. The Morgan fingerprint density at radius 2 is 2.12 bits per heavy atom. The Morgan fingerprint density at radius 3 is 2.56 bits per heavy atom. The van der Waals surface area contributed by atoms with Crippen molar-refractivity contribution in [3.8, 4) is 0 Å². The largest absolute Gasteiger partial charge is 0.409 e. The summed E-state index contributed by atoms with van der Waals surface area (Å²) in [6, 6.07) is 0. The third-order valence-corrected chi connectivity index (χ3v) is 4.16. The molecule has 2 aliphatic rings. The van der Waals surface area contributed by atoms with E-state index >= 15 is 0 Å². The number of hydrogen-bond acceptors (Lipinski definition) is 3. The van der Waals surface area contributed by atoms with Crippen LogP contribution in [0.5, 0.6) is 0 Å². The second-order valence-electron chi connectivity index (χ2n) is 6.12. The van der Waals surface area contributed by atoms with Crippen molar-refractivity contribution in [2.24, 2.45) is 22.2 Å². The number of nitrogens with zero attached hydrogens (tertiary/aromatic N) is 1. The van der Waals surface area contributed by atoms with Gasteiger partial charge >= 0.3 is 0 Å². The number of amidine groups is 1. The van der Waals surface area contributed by atoms with E-state index in [4.69, 9.17) is 10.9 Å². The van der Waals surface area contributed by atoms with Crippen molar-refractivity contribution in [2.75, 3.05) is 6.54 Å². The first kappa shape index (κ1) is 11.7. The highest BCUT2D eigenvalue weighted by Crippen LogP contribution is 2.49. The molecule has 0 heterocycles. The Kier molecular flexibility index (Phi) is 2.86. The smallest absolute Gasteiger partial charge is 0.139 e. The second-order valence-corrected chi connectivity index (χ2v) is 6.12. The molecule has 0 aromatic heterocycles. The lowest BCUT2D eigenvalue weighted by Crippen LogP contribution is -2.44. The van der Waals surface area contributed by atoms with Gasteiger partial charge in [-0.1, -0.05) is 5.16 Å². The van der Waals surface area contributed by atoms with E-state index in [0.717, 1.165) is 18.9 Å². The van der Waals surface area contributed by atoms with E-state index < -0.39 is 0 Å². The van der Waals surface area contributed by atoms with Crippen LogP contribution in [0.4, 0.5) is 0 Å². The minimum absolute atomic E-state index is 0.251. The summed E-state index contributed by atoms with van der Waals surface area (Å²) in [6.45, 7) is 5.56. The highest BCUT2D eigenvalue weighted by molar-refractivity contribution is 5.80. The van der Waals surface area contributed by atoms with E-state index in [2.05, 4.69) is 24.3 Å². The Morgan fingerprint density at radius 1 is 1.50 bits per heavy atom. The fraction of sp³-hybridized carbons (Fsp3) is 0.917. The molecule has 16 heavy (non-hydrogen) atoms. The maximum Gasteiger partial charge on any atom is 0.139 e. The molecule has 0 bridgehead atoms. The van der Waals surface area contributed by atoms with Crippen molar-refractivity contribution in [3.63, 3.8) is 0 Å². The quantitative estimate of drug-likeness (QED) is 0.279. The van der Waals surface area contributed by atoms with Gasteiger partial charge in [-0.2, -0.15) is 0 Å². The van der Waals surface area contributed by atoms with Gasteiger partial charge in [-0.15, -0.1) is 0 Å². The van der Waals surface area contributed by atoms with Gasteiger partial charge in [-0.05, 0) is 50.9 Å². The lowest BCUT2D eigenvalue weighted by atomic mass is 9.95. The van der Waals surface area contributed by atoms with E-state index in [-0.39, 0.29) is 11.0 Å². The Labute approximate surface area is 97.3 Å². The topological polar surface area (TPSA) is 70.6 Å². The predicted octanol–water partition coefficient (Wildman–Crippen LogP) is 1.68. The summed E-state index contributed by atoms with van der Waals surface area (Å²) in [4.78, 5) is 0. The van der Waals surface area contributed by atoms with Gasteiger partial charge in [-0.25, -0.2) is 0 Å². The van der Waals surface area contributed by atoms with Crippen LogP contribution in [-0.4, -0.2) is 23.1 Å². The number of oxime groups is 1.